The Kier molecular flexibility index (Phi) is 5.13. The molecule has 2 unspecified atom stereocenters. The first-order valence-corrected chi connectivity index (χ1v) is 6.40. The highest BCUT2D eigenvalue weighted by molar-refractivity contribution is 5.21. The van der Waals surface area contributed by atoms with E-state index >= 15 is 0 Å². The molecule has 1 saturated heterocycles. The molecule has 0 spiro atoms. The van der Waals surface area contributed by atoms with Crippen molar-refractivity contribution < 1.29 is 14.6 Å². The summed E-state index contributed by atoms with van der Waals surface area (Å²) in [6.07, 6.45) is 0.404. The van der Waals surface area contributed by atoms with Crippen LogP contribution in [0, 0.1) is 0 Å². The van der Waals surface area contributed by atoms with Crippen LogP contribution in [0.2, 0.25) is 0 Å². The average Bonchev–Trinajstić information content (AvgIpc) is 2.40. The lowest BCUT2D eigenvalue weighted by atomic mass is 10.1. The van der Waals surface area contributed by atoms with E-state index in [4.69, 9.17) is 14.6 Å². The highest BCUT2D eigenvalue weighted by atomic mass is 16.5. The fourth-order valence-corrected chi connectivity index (χ4v) is 2.02. The molecule has 0 bridgehead atoms. The van der Waals surface area contributed by atoms with E-state index in [-0.39, 0.29) is 18.8 Å². The summed E-state index contributed by atoms with van der Waals surface area (Å²) in [5.41, 5.74) is 2.04. The maximum atomic E-state index is 8.94. The summed E-state index contributed by atoms with van der Waals surface area (Å²) in [5.74, 6) is 0. The Bertz CT molecular complexity index is 353. The molecule has 0 radical (unpaired) electrons. The lowest BCUT2D eigenvalue weighted by molar-refractivity contribution is -0.0716. The molecule has 2 rings (SSSR count). The van der Waals surface area contributed by atoms with Crippen LogP contribution < -0.4 is 5.32 Å². The van der Waals surface area contributed by atoms with E-state index in [1.54, 1.807) is 0 Å². The predicted octanol–water partition coefficient (Wildman–Crippen LogP) is 1.07. The second-order valence-electron chi connectivity index (χ2n) is 4.72. The Hall–Kier alpha value is -0.940. The number of aliphatic hydroxyl groups excluding tert-OH is 1. The number of hydrogen-bond donors (Lipinski definition) is 2. The summed E-state index contributed by atoms with van der Waals surface area (Å²) in [6, 6.07) is 7.79. The molecule has 1 aromatic carbocycles. The van der Waals surface area contributed by atoms with Crippen LogP contribution in [0.3, 0.4) is 0 Å². The average molecular weight is 251 g/mol. The maximum absolute atomic E-state index is 8.94. The second-order valence-corrected chi connectivity index (χ2v) is 4.72. The third kappa shape index (κ3) is 4.07. The highest BCUT2D eigenvalue weighted by Crippen LogP contribution is 2.08. The first kappa shape index (κ1) is 13.5. The predicted molar refractivity (Wildman–Crippen MR) is 69.2 cm³/mol. The highest BCUT2D eigenvalue weighted by Gasteiger charge is 2.18. The number of hydrogen-bond acceptors (Lipinski definition) is 4. The monoisotopic (exact) mass is 251 g/mol. The number of nitrogens with one attached hydrogen (secondary N) is 1. The van der Waals surface area contributed by atoms with Crippen LogP contribution in [0.15, 0.2) is 24.3 Å². The van der Waals surface area contributed by atoms with E-state index in [1.165, 1.54) is 0 Å². The quantitative estimate of drug-likeness (QED) is 0.822. The zero-order chi connectivity index (χ0) is 12.8. The van der Waals surface area contributed by atoms with Gasteiger partial charge in [0.05, 0.1) is 32.0 Å². The molecule has 18 heavy (non-hydrogen) atoms. The van der Waals surface area contributed by atoms with Crippen LogP contribution in [0.4, 0.5) is 0 Å². The van der Waals surface area contributed by atoms with Crippen molar-refractivity contribution in [3.63, 3.8) is 0 Å². The molecule has 1 aliphatic rings. The molecule has 1 aliphatic heterocycles. The molecule has 1 heterocycles. The van der Waals surface area contributed by atoms with Crippen LogP contribution in [-0.2, 0) is 22.7 Å². The van der Waals surface area contributed by atoms with Crippen LogP contribution in [-0.4, -0.2) is 37.0 Å². The minimum absolute atomic E-state index is 0.0839. The van der Waals surface area contributed by atoms with Crippen molar-refractivity contribution in [2.24, 2.45) is 0 Å². The van der Waals surface area contributed by atoms with Gasteiger partial charge in [0.15, 0.2) is 0 Å². The second kappa shape index (κ2) is 6.85. The number of benzene rings is 1. The summed E-state index contributed by atoms with van der Waals surface area (Å²) in [6.45, 7) is 5.11. The van der Waals surface area contributed by atoms with Crippen molar-refractivity contribution in [1.29, 1.82) is 0 Å². The zero-order valence-corrected chi connectivity index (χ0v) is 10.8. The summed E-state index contributed by atoms with van der Waals surface area (Å²) in [7, 11) is 0. The van der Waals surface area contributed by atoms with E-state index in [9.17, 15) is 0 Å². The molecular weight excluding hydrogens is 230 g/mol. The fraction of sp³-hybridized carbons (Fsp3) is 0.571. The molecule has 4 nitrogen and oxygen atoms in total. The van der Waals surface area contributed by atoms with Gasteiger partial charge in [-0.05, 0) is 18.1 Å². The van der Waals surface area contributed by atoms with Crippen molar-refractivity contribution in [3.05, 3.63) is 35.4 Å². The van der Waals surface area contributed by atoms with Crippen LogP contribution in [0.25, 0.3) is 0 Å². The smallest absolute Gasteiger partial charge is 0.0936 e. The summed E-state index contributed by atoms with van der Waals surface area (Å²) in [5, 5.41) is 12.3. The number of morpholine rings is 1. The third-order valence-corrected chi connectivity index (χ3v) is 3.01. The first-order valence-electron chi connectivity index (χ1n) is 6.40. The minimum atomic E-state index is 0.0839. The molecule has 2 N–H and O–H groups in total. The first-order chi connectivity index (χ1) is 8.78. The molecule has 1 aromatic rings. The van der Waals surface area contributed by atoms with E-state index in [1.807, 2.05) is 24.3 Å². The van der Waals surface area contributed by atoms with Gasteiger partial charge in [0.2, 0.25) is 0 Å². The third-order valence-electron chi connectivity index (χ3n) is 3.01. The summed E-state index contributed by atoms with van der Waals surface area (Å²) in [4.78, 5) is 0. The van der Waals surface area contributed by atoms with Crippen LogP contribution in [0.5, 0.6) is 0 Å². The Morgan fingerprint density at radius 3 is 2.67 bits per heavy atom. The Labute approximate surface area is 108 Å². The molecule has 0 aliphatic carbocycles. The van der Waals surface area contributed by atoms with Crippen LogP contribution >= 0.6 is 0 Å². The van der Waals surface area contributed by atoms with Gasteiger partial charge < -0.3 is 19.9 Å². The fourth-order valence-electron chi connectivity index (χ4n) is 2.02. The van der Waals surface area contributed by atoms with Crippen molar-refractivity contribution in [1.82, 2.24) is 5.32 Å². The lowest BCUT2D eigenvalue weighted by Crippen LogP contribution is -2.45. The Morgan fingerprint density at radius 2 is 2.00 bits per heavy atom. The van der Waals surface area contributed by atoms with Gasteiger partial charge in [-0.15, -0.1) is 0 Å². The van der Waals surface area contributed by atoms with E-state index in [0.717, 1.165) is 24.2 Å². The van der Waals surface area contributed by atoms with E-state index in [0.29, 0.717) is 13.2 Å². The lowest BCUT2D eigenvalue weighted by Gasteiger charge is -2.28. The molecule has 0 aromatic heterocycles. The minimum Gasteiger partial charge on any atom is -0.392 e. The molecular formula is C14H21NO3. The van der Waals surface area contributed by atoms with Gasteiger partial charge in [0, 0.05) is 13.1 Å². The van der Waals surface area contributed by atoms with Gasteiger partial charge in [-0.1, -0.05) is 24.3 Å². The van der Waals surface area contributed by atoms with Crippen molar-refractivity contribution >= 4 is 0 Å². The van der Waals surface area contributed by atoms with Gasteiger partial charge in [-0.2, -0.15) is 0 Å². The Balaban J connectivity index is 1.70. The van der Waals surface area contributed by atoms with Gasteiger partial charge in [0.1, 0.15) is 0 Å². The van der Waals surface area contributed by atoms with Gasteiger partial charge in [0.25, 0.3) is 0 Å². The van der Waals surface area contributed by atoms with Crippen molar-refractivity contribution in [2.75, 3.05) is 19.7 Å². The van der Waals surface area contributed by atoms with Crippen LogP contribution in [0.1, 0.15) is 18.1 Å². The maximum Gasteiger partial charge on any atom is 0.0936 e. The molecule has 100 valence electrons. The topological polar surface area (TPSA) is 50.7 Å². The molecule has 2 atom stereocenters. The SMILES string of the molecule is CC1CNCC(COCc2ccc(CO)cc2)O1. The summed E-state index contributed by atoms with van der Waals surface area (Å²) >= 11 is 0. The van der Waals surface area contributed by atoms with E-state index in [2.05, 4.69) is 12.2 Å². The molecule has 0 saturated carbocycles. The van der Waals surface area contributed by atoms with Gasteiger partial charge in [-0.3, -0.25) is 0 Å². The summed E-state index contributed by atoms with van der Waals surface area (Å²) < 4.78 is 11.4. The number of ether oxygens (including phenoxy) is 2. The van der Waals surface area contributed by atoms with E-state index < -0.39 is 0 Å². The largest absolute Gasteiger partial charge is 0.392 e. The molecule has 4 heteroatoms. The zero-order valence-electron chi connectivity index (χ0n) is 10.8. The Morgan fingerprint density at radius 1 is 1.28 bits per heavy atom. The van der Waals surface area contributed by atoms with Crippen molar-refractivity contribution in [3.8, 4) is 0 Å². The molecule has 0 amide bonds. The number of rotatable bonds is 5. The standard InChI is InChI=1S/C14H21NO3/c1-11-6-15-7-14(18-11)10-17-9-13-4-2-12(8-16)3-5-13/h2-5,11,14-16H,6-10H2,1H3. The normalized spacial score (nSPS) is 24.1. The molecule has 1 fully saturated rings. The number of aliphatic hydroxyl groups is 1. The van der Waals surface area contributed by atoms with Gasteiger partial charge in [-0.25, -0.2) is 0 Å². The van der Waals surface area contributed by atoms with Crippen molar-refractivity contribution in [2.45, 2.75) is 32.3 Å². The van der Waals surface area contributed by atoms with Gasteiger partial charge >= 0.3 is 0 Å².